The Hall–Kier alpha value is -1.02. The number of aryl methyl sites for hydroxylation is 1. The van der Waals surface area contributed by atoms with E-state index in [9.17, 15) is 5.11 Å². The smallest absolute Gasteiger partial charge is 0.115 e. The van der Waals surface area contributed by atoms with E-state index in [0.717, 1.165) is 19.3 Å². The molecule has 1 aromatic carbocycles. The van der Waals surface area contributed by atoms with Gasteiger partial charge in [0, 0.05) is 6.61 Å². The van der Waals surface area contributed by atoms with Crippen LogP contribution in [0.25, 0.3) is 0 Å². The predicted molar refractivity (Wildman–Crippen MR) is 80.6 cm³/mol. The summed E-state index contributed by atoms with van der Waals surface area (Å²) in [5.41, 5.74) is 2.70. The summed E-state index contributed by atoms with van der Waals surface area (Å²) in [5, 5.41) is 18.8. The van der Waals surface area contributed by atoms with Gasteiger partial charge in [-0.25, -0.2) is 0 Å². The maximum absolute atomic E-state index is 9.78. The van der Waals surface area contributed by atoms with Gasteiger partial charge >= 0.3 is 0 Å². The quantitative estimate of drug-likeness (QED) is 0.843. The fraction of sp³-hybridized carbons (Fsp3) is 0.647. The zero-order valence-electron chi connectivity index (χ0n) is 13.0. The standard InChI is InChI=1S/C17H28O2/c1-16(2,3)12-17(4,5)15-11-14(19)9-8-13(15)7-6-10-18/h8-9,11,18-19H,6-7,10,12H2,1-5H3. The second kappa shape index (κ2) is 5.96. The maximum Gasteiger partial charge on any atom is 0.115 e. The third kappa shape index (κ3) is 4.87. The lowest BCUT2D eigenvalue weighted by Crippen LogP contribution is -2.26. The largest absolute Gasteiger partial charge is 0.508 e. The first-order valence-electron chi connectivity index (χ1n) is 7.09. The van der Waals surface area contributed by atoms with Crippen molar-refractivity contribution >= 4 is 0 Å². The summed E-state index contributed by atoms with van der Waals surface area (Å²) in [5.74, 6) is 0.324. The van der Waals surface area contributed by atoms with Crippen molar-refractivity contribution in [2.24, 2.45) is 5.41 Å². The number of hydrogen-bond acceptors (Lipinski definition) is 2. The van der Waals surface area contributed by atoms with Crippen LogP contribution in [0.5, 0.6) is 5.75 Å². The third-order valence-corrected chi connectivity index (χ3v) is 3.40. The molecule has 108 valence electrons. The van der Waals surface area contributed by atoms with Gasteiger partial charge in [0.25, 0.3) is 0 Å². The number of rotatable bonds is 5. The molecule has 0 unspecified atom stereocenters. The molecule has 1 rings (SSSR count). The van der Waals surface area contributed by atoms with Crippen molar-refractivity contribution in [3.63, 3.8) is 0 Å². The molecule has 1 aromatic rings. The molecule has 0 fully saturated rings. The Kier molecular flexibility index (Phi) is 5.03. The van der Waals surface area contributed by atoms with Gasteiger partial charge in [-0.3, -0.25) is 0 Å². The number of phenols is 1. The summed E-state index contributed by atoms with van der Waals surface area (Å²) in [7, 11) is 0. The highest BCUT2D eigenvalue weighted by atomic mass is 16.3. The number of benzene rings is 1. The normalized spacial score (nSPS) is 12.7. The van der Waals surface area contributed by atoms with Gasteiger partial charge in [-0.15, -0.1) is 0 Å². The van der Waals surface area contributed by atoms with Crippen LogP contribution in [0.4, 0.5) is 0 Å². The molecule has 0 saturated carbocycles. The molecule has 0 aliphatic heterocycles. The Labute approximate surface area is 117 Å². The summed E-state index contributed by atoms with van der Waals surface area (Å²) in [6.07, 6.45) is 2.68. The minimum Gasteiger partial charge on any atom is -0.508 e. The van der Waals surface area contributed by atoms with E-state index in [4.69, 9.17) is 5.11 Å². The summed E-state index contributed by atoms with van der Waals surface area (Å²) >= 11 is 0. The minimum absolute atomic E-state index is 0.0157. The molecule has 0 aromatic heterocycles. The summed E-state index contributed by atoms with van der Waals surface area (Å²) in [6.45, 7) is 11.4. The molecule has 2 nitrogen and oxygen atoms in total. The molecule has 0 radical (unpaired) electrons. The fourth-order valence-electron chi connectivity index (χ4n) is 3.10. The Bertz CT molecular complexity index is 414. The SMILES string of the molecule is CC(C)(C)CC(C)(C)c1cc(O)ccc1CCCO. The van der Waals surface area contributed by atoms with Gasteiger partial charge in [0.1, 0.15) is 5.75 Å². The first-order valence-corrected chi connectivity index (χ1v) is 7.09. The highest BCUT2D eigenvalue weighted by molar-refractivity contribution is 5.39. The molecular weight excluding hydrogens is 236 g/mol. The van der Waals surface area contributed by atoms with Gasteiger partial charge in [0.05, 0.1) is 0 Å². The molecule has 2 heteroatoms. The molecule has 0 bridgehead atoms. The van der Waals surface area contributed by atoms with Crippen molar-refractivity contribution in [1.29, 1.82) is 0 Å². The van der Waals surface area contributed by atoms with Crippen LogP contribution in [0.2, 0.25) is 0 Å². The highest BCUT2D eigenvalue weighted by Crippen LogP contribution is 2.39. The van der Waals surface area contributed by atoms with Crippen molar-refractivity contribution in [3.05, 3.63) is 29.3 Å². The van der Waals surface area contributed by atoms with Crippen LogP contribution >= 0.6 is 0 Å². The van der Waals surface area contributed by atoms with Gasteiger partial charge in [0.2, 0.25) is 0 Å². The lowest BCUT2D eigenvalue weighted by atomic mass is 9.70. The number of phenolic OH excluding ortho intramolecular Hbond substituents is 1. The molecule has 0 aliphatic rings. The van der Waals surface area contributed by atoms with E-state index >= 15 is 0 Å². The highest BCUT2D eigenvalue weighted by Gasteiger charge is 2.29. The van der Waals surface area contributed by atoms with Crippen molar-refractivity contribution in [2.45, 2.75) is 59.3 Å². The Morgan fingerprint density at radius 2 is 1.68 bits per heavy atom. The molecule has 0 aliphatic carbocycles. The van der Waals surface area contributed by atoms with Crippen LogP contribution in [0, 0.1) is 5.41 Å². The van der Waals surface area contributed by atoms with Gasteiger partial charge in [-0.1, -0.05) is 40.7 Å². The predicted octanol–water partition coefficient (Wildman–Crippen LogP) is 4.03. The van der Waals surface area contributed by atoms with E-state index < -0.39 is 0 Å². The van der Waals surface area contributed by atoms with Crippen LogP contribution < -0.4 is 0 Å². The molecule has 0 atom stereocenters. The number of aliphatic hydroxyl groups excluding tert-OH is 1. The van der Waals surface area contributed by atoms with Gasteiger partial charge in [0.15, 0.2) is 0 Å². The van der Waals surface area contributed by atoms with E-state index in [1.165, 1.54) is 11.1 Å². The van der Waals surface area contributed by atoms with Crippen LogP contribution in [-0.4, -0.2) is 16.8 Å². The number of hydrogen-bond donors (Lipinski definition) is 2. The first kappa shape index (κ1) is 16.0. The summed E-state index contributed by atoms with van der Waals surface area (Å²) < 4.78 is 0. The van der Waals surface area contributed by atoms with E-state index in [2.05, 4.69) is 34.6 Å². The Balaban J connectivity index is 3.11. The molecule has 0 spiro atoms. The lowest BCUT2D eigenvalue weighted by Gasteiger charge is -2.34. The average molecular weight is 264 g/mol. The van der Waals surface area contributed by atoms with E-state index in [-0.39, 0.29) is 17.4 Å². The molecule has 0 saturated heterocycles. The van der Waals surface area contributed by atoms with E-state index in [0.29, 0.717) is 5.75 Å². The lowest BCUT2D eigenvalue weighted by molar-refractivity contribution is 0.278. The van der Waals surface area contributed by atoms with Crippen LogP contribution in [-0.2, 0) is 11.8 Å². The monoisotopic (exact) mass is 264 g/mol. The summed E-state index contributed by atoms with van der Waals surface area (Å²) in [4.78, 5) is 0. The number of aromatic hydroxyl groups is 1. The third-order valence-electron chi connectivity index (χ3n) is 3.40. The van der Waals surface area contributed by atoms with E-state index in [1.54, 1.807) is 6.07 Å². The molecule has 0 heterocycles. The second-order valence-corrected chi connectivity index (χ2v) is 7.29. The van der Waals surface area contributed by atoms with Gasteiger partial charge < -0.3 is 10.2 Å². The van der Waals surface area contributed by atoms with Gasteiger partial charge in [-0.2, -0.15) is 0 Å². The molecule has 2 N–H and O–H groups in total. The van der Waals surface area contributed by atoms with Crippen LogP contribution in [0.3, 0.4) is 0 Å². The molecule has 19 heavy (non-hydrogen) atoms. The minimum atomic E-state index is 0.0157. The maximum atomic E-state index is 9.78. The second-order valence-electron chi connectivity index (χ2n) is 7.29. The van der Waals surface area contributed by atoms with Crippen LogP contribution in [0.1, 0.15) is 58.6 Å². The first-order chi connectivity index (χ1) is 8.65. The average Bonchev–Trinajstić information content (AvgIpc) is 2.24. The van der Waals surface area contributed by atoms with Gasteiger partial charge in [-0.05, 0) is 53.4 Å². The fourth-order valence-corrected chi connectivity index (χ4v) is 3.10. The van der Waals surface area contributed by atoms with Crippen LogP contribution in [0.15, 0.2) is 18.2 Å². The number of aliphatic hydroxyl groups is 1. The zero-order valence-corrected chi connectivity index (χ0v) is 13.0. The van der Waals surface area contributed by atoms with Crippen molar-refractivity contribution < 1.29 is 10.2 Å². The Morgan fingerprint density at radius 3 is 2.21 bits per heavy atom. The zero-order chi connectivity index (χ0) is 14.7. The summed E-state index contributed by atoms with van der Waals surface area (Å²) in [6, 6.07) is 5.62. The van der Waals surface area contributed by atoms with Crippen molar-refractivity contribution in [1.82, 2.24) is 0 Å². The van der Waals surface area contributed by atoms with Crippen molar-refractivity contribution in [2.75, 3.05) is 6.61 Å². The topological polar surface area (TPSA) is 40.5 Å². The van der Waals surface area contributed by atoms with E-state index in [1.807, 2.05) is 12.1 Å². The van der Waals surface area contributed by atoms with Crippen molar-refractivity contribution in [3.8, 4) is 5.75 Å². The molecule has 0 amide bonds. The molecular formula is C17H28O2. The Morgan fingerprint density at radius 1 is 1.05 bits per heavy atom.